The van der Waals surface area contributed by atoms with E-state index in [2.05, 4.69) is 4.98 Å². The second-order valence-electron chi connectivity index (χ2n) is 4.47. The third kappa shape index (κ3) is 2.40. The molecule has 0 aliphatic heterocycles. The van der Waals surface area contributed by atoms with Gasteiger partial charge in [-0.1, -0.05) is 18.2 Å². The molecule has 3 rings (SSSR count). The number of fused-ring (bicyclic) bond motifs is 1. The molecule has 0 fully saturated rings. The molecule has 1 aromatic heterocycles. The lowest BCUT2D eigenvalue weighted by Gasteiger charge is -2.09. The number of aromatic nitrogens is 1. The predicted octanol–water partition coefficient (Wildman–Crippen LogP) is 3.54. The Morgan fingerprint density at radius 1 is 1.10 bits per heavy atom. The molecule has 0 saturated carbocycles. The summed E-state index contributed by atoms with van der Waals surface area (Å²) >= 11 is 0. The summed E-state index contributed by atoms with van der Waals surface area (Å²) < 4.78 is 19.3. The van der Waals surface area contributed by atoms with Gasteiger partial charge in [-0.05, 0) is 24.3 Å². The van der Waals surface area contributed by atoms with Gasteiger partial charge in [0, 0.05) is 23.2 Å². The molecular weight excluding hydrogens is 255 g/mol. The van der Waals surface area contributed by atoms with Gasteiger partial charge in [-0.25, -0.2) is 4.39 Å². The monoisotopic (exact) mass is 268 g/mol. The molecule has 0 aliphatic carbocycles. The first kappa shape index (κ1) is 12.4. The molecule has 100 valence electrons. The van der Waals surface area contributed by atoms with E-state index in [1.54, 1.807) is 18.3 Å². The van der Waals surface area contributed by atoms with E-state index < -0.39 is 5.82 Å². The highest BCUT2D eigenvalue weighted by atomic mass is 19.1. The van der Waals surface area contributed by atoms with E-state index in [0.29, 0.717) is 11.3 Å². The van der Waals surface area contributed by atoms with Crippen LogP contribution >= 0.6 is 0 Å². The summed E-state index contributed by atoms with van der Waals surface area (Å²) in [7, 11) is 0. The zero-order valence-electron chi connectivity index (χ0n) is 10.7. The molecule has 1 heterocycles. The number of rotatable bonds is 3. The molecule has 0 radical (unpaired) electrons. The van der Waals surface area contributed by atoms with Crippen LogP contribution in [-0.4, -0.2) is 4.98 Å². The Kier molecular flexibility index (Phi) is 3.21. The molecule has 0 atom stereocenters. The largest absolute Gasteiger partial charge is 0.489 e. The Morgan fingerprint density at radius 3 is 2.90 bits per heavy atom. The summed E-state index contributed by atoms with van der Waals surface area (Å²) in [6, 6.07) is 14.3. The molecule has 0 amide bonds. The van der Waals surface area contributed by atoms with Gasteiger partial charge in [-0.2, -0.15) is 0 Å². The molecular formula is C16H13FN2O. The minimum absolute atomic E-state index is 0.131. The first-order valence-corrected chi connectivity index (χ1v) is 6.24. The van der Waals surface area contributed by atoms with Gasteiger partial charge in [0.15, 0.2) is 5.82 Å². The van der Waals surface area contributed by atoms with Crippen molar-refractivity contribution < 1.29 is 9.13 Å². The van der Waals surface area contributed by atoms with Gasteiger partial charge in [0.05, 0.1) is 11.2 Å². The first-order chi connectivity index (χ1) is 9.74. The molecule has 0 saturated heterocycles. The Bertz CT molecular complexity index is 758. The van der Waals surface area contributed by atoms with Gasteiger partial charge >= 0.3 is 0 Å². The van der Waals surface area contributed by atoms with Crippen LogP contribution in [0.1, 0.15) is 5.56 Å². The predicted molar refractivity (Wildman–Crippen MR) is 76.9 cm³/mol. The number of nitrogen functional groups attached to an aromatic ring is 1. The van der Waals surface area contributed by atoms with Crippen molar-refractivity contribution in [2.75, 3.05) is 5.73 Å². The third-order valence-electron chi connectivity index (χ3n) is 3.08. The number of nitrogens with zero attached hydrogens (tertiary/aromatic N) is 1. The molecule has 0 unspecified atom stereocenters. The maximum absolute atomic E-state index is 13.7. The van der Waals surface area contributed by atoms with Crippen LogP contribution in [-0.2, 0) is 6.61 Å². The van der Waals surface area contributed by atoms with E-state index in [1.165, 1.54) is 6.07 Å². The van der Waals surface area contributed by atoms with Gasteiger partial charge in [0.2, 0.25) is 0 Å². The topological polar surface area (TPSA) is 48.1 Å². The van der Waals surface area contributed by atoms with Crippen molar-refractivity contribution in [3.8, 4) is 5.75 Å². The molecule has 0 spiro atoms. The average Bonchev–Trinajstić information content (AvgIpc) is 2.48. The molecule has 0 aliphatic rings. The molecule has 20 heavy (non-hydrogen) atoms. The third-order valence-corrected chi connectivity index (χ3v) is 3.08. The van der Waals surface area contributed by atoms with Crippen molar-refractivity contribution in [1.29, 1.82) is 0 Å². The van der Waals surface area contributed by atoms with E-state index in [4.69, 9.17) is 10.5 Å². The fourth-order valence-electron chi connectivity index (χ4n) is 2.01. The van der Waals surface area contributed by atoms with E-state index in [-0.39, 0.29) is 12.3 Å². The van der Waals surface area contributed by atoms with E-state index >= 15 is 0 Å². The number of ether oxygens (including phenoxy) is 1. The fraction of sp³-hybridized carbons (Fsp3) is 0.0625. The van der Waals surface area contributed by atoms with Crippen LogP contribution < -0.4 is 10.5 Å². The van der Waals surface area contributed by atoms with Gasteiger partial charge in [0.25, 0.3) is 0 Å². The number of nitrogens with two attached hydrogens (primary N) is 1. The number of anilines is 1. The summed E-state index contributed by atoms with van der Waals surface area (Å²) in [5.74, 6) is 0.226. The fourth-order valence-corrected chi connectivity index (χ4v) is 2.01. The highest BCUT2D eigenvalue weighted by Gasteiger charge is 2.06. The Morgan fingerprint density at radius 2 is 2.00 bits per heavy atom. The standard InChI is InChI=1S/C16H13FN2O/c17-16-12(3-1-5-14(16)18)10-20-13-7-6-11-4-2-8-19-15(11)9-13/h1-9H,10,18H2. The second-order valence-corrected chi connectivity index (χ2v) is 4.47. The number of hydrogen-bond donors (Lipinski definition) is 1. The summed E-state index contributed by atoms with van der Waals surface area (Å²) in [6.45, 7) is 0.134. The smallest absolute Gasteiger partial charge is 0.152 e. The summed E-state index contributed by atoms with van der Waals surface area (Å²) in [5, 5.41) is 1.04. The average molecular weight is 268 g/mol. The Balaban J connectivity index is 1.81. The molecule has 3 aromatic rings. The highest BCUT2D eigenvalue weighted by molar-refractivity contribution is 5.79. The normalized spacial score (nSPS) is 10.7. The van der Waals surface area contributed by atoms with Gasteiger partial charge in [0.1, 0.15) is 12.4 Å². The molecule has 2 N–H and O–H groups in total. The number of pyridine rings is 1. The van der Waals surface area contributed by atoms with E-state index in [1.807, 2.05) is 30.3 Å². The highest BCUT2D eigenvalue weighted by Crippen LogP contribution is 2.21. The SMILES string of the molecule is Nc1cccc(COc2ccc3cccnc3c2)c1F. The quantitative estimate of drug-likeness (QED) is 0.739. The van der Waals surface area contributed by atoms with E-state index in [0.717, 1.165) is 10.9 Å². The second kappa shape index (κ2) is 5.17. The van der Waals surface area contributed by atoms with Gasteiger partial charge in [-0.15, -0.1) is 0 Å². The maximum atomic E-state index is 13.7. The lowest BCUT2D eigenvalue weighted by molar-refractivity contribution is 0.300. The number of hydrogen-bond acceptors (Lipinski definition) is 3. The van der Waals surface area contributed by atoms with Crippen molar-refractivity contribution in [2.24, 2.45) is 0 Å². The Hall–Kier alpha value is -2.62. The van der Waals surface area contributed by atoms with Crippen LogP contribution in [0.3, 0.4) is 0 Å². The molecule has 0 bridgehead atoms. The van der Waals surface area contributed by atoms with Crippen LogP contribution in [0.15, 0.2) is 54.7 Å². The number of halogens is 1. The van der Waals surface area contributed by atoms with Gasteiger partial charge in [-0.3, -0.25) is 4.98 Å². The van der Waals surface area contributed by atoms with Crippen LogP contribution in [0.5, 0.6) is 5.75 Å². The lowest BCUT2D eigenvalue weighted by Crippen LogP contribution is -2.01. The van der Waals surface area contributed by atoms with Crippen LogP contribution in [0, 0.1) is 5.82 Å². The van der Waals surface area contributed by atoms with Crippen LogP contribution in [0.2, 0.25) is 0 Å². The minimum atomic E-state index is -0.425. The van der Waals surface area contributed by atoms with Gasteiger partial charge < -0.3 is 10.5 Å². The molecule has 2 aromatic carbocycles. The van der Waals surface area contributed by atoms with Crippen molar-refractivity contribution in [3.63, 3.8) is 0 Å². The summed E-state index contributed by atoms with van der Waals surface area (Å²) in [6.07, 6.45) is 1.73. The van der Waals surface area contributed by atoms with Crippen molar-refractivity contribution >= 4 is 16.6 Å². The van der Waals surface area contributed by atoms with Crippen molar-refractivity contribution in [1.82, 2.24) is 4.98 Å². The van der Waals surface area contributed by atoms with Crippen molar-refractivity contribution in [3.05, 3.63) is 66.1 Å². The Labute approximate surface area is 115 Å². The first-order valence-electron chi connectivity index (χ1n) is 6.24. The molecule has 4 heteroatoms. The summed E-state index contributed by atoms with van der Waals surface area (Å²) in [5.41, 5.74) is 6.94. The zero-order valence-corrected chi connectivity index (χ0v) is 10.7. The molecule has 3 nitrogen and oxygen atoms in total. The van der Waals surface area contributed by atoms with Crippen molar-refractivity contribution in [2.45, 2.75) is 6.61 Å². The zero-order chi connectivity index (χ0) is 13.9. The van der Waals surface area contributed by atoms with Crippen LogP contribution in [0.4, 0.5) is 10.1 Å². The van der Waals surface area contributed by atoms with E-state index in [9.17, 15) is 4.39 Å². The summed E-state index contributed by atoms with van der Waals surface area (Å²) in [4.78, 5) is 4.25. The maximum Gasteiger partial charge on any atom is 0.152 e. The lowest BCUT2D eigenvalue weighted by atomic mass is 10.2. The minimum Gasteiger partial charge on any atom is -0.489 e. The van der Waals surface area contributed by atoms with Crippen LogP contribution in [0.25, 0.3) is 10.9 Å². The number of benzene rings is 2.